The Morgan fingerprint density at radius 1 is 1.19 bits per heavy atom. The summed E-state index contributed by atoms with van der Waals surface area (Å²) in [6.45, 7) is 7.10. The lowest BCUT2D eigenvalue weighted by Gasteiger charge is -2.42. The number of carboxylic acids is 1. The SMILES string of the molecule is CNc1cc(N2C[C@H]3CC[C@@H](C2)N3C(=O)OC(C)(C)C)ccc1C(=O)O. The predicted molar refractivity (Wildman–Crippen MR) is 100 cm³/mol. The number of piperazine rings is 1. The molecule has 0 spiro atoms. The zero-order chi connectivity index (χ0) is 19.1. The van der Waals surface area contributed by atoms with Crippen LogP contribution < -0.4 is 10.2 Å². The van der Waals surface area contributed by atoms with E-state index in [1.807, 2.05) is 37.8 Å². The van der Waals surface area contributed by atoms with Gasteiger partial charge < -0.3 is 20.1 Å². The molecule has 2 N–H and O–H groups in total. The third-order valence-electron chi connectivity index (χ3n) is 4.95. The van der Waals surface area contributed by atoms with Gasteiger partial charge >= 0.3 is 12.1 Å². The first-order valence-corrected chi connectivity index (χ1v) is 9.01. The summed E-state index contributed by atoms with van der Waals surface area (Å²) in [5.74, 6) is -0.948. The number of benzene rings is 1. The van der Waals surface area contributed by atoms with Gasteiger partial charge in [0.15, 0.2) is 0 Å². The molecule has 142 valence electrons. The van der Waals surface area contributed by atoms with Gasteiger partial charge in [0.2, 0.25) is 0 Å². The van der Waals surface area contributed by atoms with Crippen LogP contribution in [0.3, 0.4) is 0 Å². The Hall–Kier alpha value is -2.44. The van der Waals surface area contributed by atoms with Crippen molar-refractivity contribution in [3.05, 3.63) is 23.8 Å². The molecule has 2 saturated heterocycles. The standard InChI is InChI=1S/C19H27N3O4/c1-19(2,3)26-18(25)22-13-5-6-14(22)11-21(10-13)12-7-8-15(17(23)24)16(9-12)20-4/h7-9,13-14,20H,5-6,10-11H2,1-4H3,(H,23,24)/t13-,14+. The van der Waals surface area contributed by atoms with Gasteiger partial charge in [0.05, 0.1) is 23.3 Å². The van der Waals surface area contributed by atoms with Crippen molar-refractivity contribution in [1.29, 1.82) is 0 Å². The van der Waals surface area contributed by atoms with Gasteiger partial charge in [-0.3, -0.25) is 4.90 Å². The number of rotatable bonds is 3. The van der Waals surface area contributed by atoms with Gasteiger partial charge in [-0.05, 0) is 51.8 Å². The van der Waals surface area contributed by atoms with Crippen LogP contribution in [-0.4, -0.2) is 59.9 Å². The van der Waals surface area contributed by atoms with Crippen molar-refractivity contribution >= 4 is 23.4 Å². The Morgan fingerprint density at radius 3 is 2.31 bits per heavy atom. The number of anilines is 2. The first-order valence-electron chi connectivity index (χ1n) is 9.01. The Balaban J connectivity index is 1.77. The van der Waals surface area contributed by atoms with E-state index in [0.717, 1.165) is 31.6 Å². The van der Waals surface area contributed by atoms with Crippen molar-refractivity contribution in [2.45, 2.75) is 51.3 Å². The highest BCUT2D eigenvalue weighted by Crippen LogP contribution is 2.35. The molecule has 0 radical (unpaired) electrons. The summed E-state index contributed by atoms with van der Waals surface area (Å²) >= 11 is 0. The Kier molecular flexibility index (Phi) is 4.73. The summed E-state index contributed by atoms with van der Waals surface area (Å²) < 4.78 is 5.57. The molecule has 0 unspecified atom stereocenters. The molecule has 1 aromatic carbocycles. The predicted octanol–water partition coefficient (Wildman–Crippen LogP) is 3.01. The molecule has 1 amide bonds. The van der Waals surface area contributed by atoms with E-state index in [1.165, 1.54) is 0 Å². The van der Waals surface area contributed by atoms with Crippen LogP contribution in [0.4, 0.5) is 16.2 Å². The smallest absolute Gasteiger partial charge is 0.410 e. The molecule has 2 aliphatic heterocycles. The van der Waals surface area contributed by atoms with Crippen molar-refractivity contribution < 1.29 is 19.4 Å². The second kappa shape index (κ2) is 6.70. The number of nitrogens with one attached hydrogen (secondary N) is 1. The first-order chi connectivity index (χ1) is 12.2. The quantitative estimate of drug-likeness (QED) is 0.861. The van der Waals surface area contributed by atoms with E-state index in [9.17, 15) is 14.7 Å². The minimum Gasteiger partial charge on any atom is -0.478 e. The molecule has 2 heterocycles. The molecule has 7 nitrogen and oxygen atoms in total. The van der Waals surface area contributed by atoms with E-state index >= 15 is 0 Å². The lowest BCUT2D eigenvalue weighted by Crippen LogP contribution is -2.56. The van der Waals surface area contributed by atoms with Crippen LogP contribution in [0, 0.1) is 0 Å². The maximum Gasteiger partial charge on any atom is 0.410 e. The Bertz CT molecular complexity index is 699. The monoisotopic (exact) mass is 361 g/mol. The molecule has 0 saturated carbocycles. The van der Waals surface area contributed by atoms with Gasteiger partial charge in [-0.15, -0.1) is 0 Å². The van der Waals surface area contributed by atoms with E-state index < -0.39 is 11.6 Å². The second-order valence-electron chi connectivity index (χ2n) is 7.96. The number of carbonyl (C=O) groups excluding carboxylic acids is 1. The van der Waals surface area contributed by atoms with Gasteiger partial charge in [0.25, 0.3) is 0 Å². The number of carbonyl (C=O) groups is 2. The Labute approximate surface area is 153 Å². The Morgan fingerprint density at radius 2 is 1.81 bits per heavy atom. The van der Waals surface area contributed by atoms with E-state index in [-0.39, 0.29) is 23.7 Å². The molecule has 2 aliphatic rings. The lowest BCUT2D eigenvalue weighted by molar-refractivity contribution is 0.0123. The topological polar surface area (TPSA) is 82.1 Å². The van der Waals surface area contributed by atoms with Gasteiger partial charge in [0.1, 0.15) is 5.60 Å². The number of amides is 1. The number of hydrogen-bond donors (Lipinski definition) is 2. The van der Waals surface area contributed by atoms with Gasteiger partial charge in [-0.2, -0.15) is 0 Å². The average molecular weight is 361 g/mol. The normalized spacial score (nSPS) is 22.3. The lowest BCUT2D eigenvalue weighted by atomic mass is 10.1. The third kappa shape index (κ3) is 3.57. The maximum absolute atomic E-state index is 12.5. The fourth-order valence-electron chi connectivity index (χ4n) is 3.85. The van der Waals surface area contributed by atoms with Crippen molar-refractivity contribution in [1.82, 2.24) is 4.90 Å². The van der Waals surface area contributed by atoms with Crippen LogP contribution >= 0.6 is 0 Å². The summed E-state index contributed by atoms with van der Waals surface area (Å²) in [4.78, 5) is 28.0. The van der Waals surface area contributed by atoms with Gasteiger partial charge in [-0.25, -0.2) is 9.59 Å². The number of fused-ring (bicyclic) bond motifs is 2. The van der Waals surface area contributed by atoms with E-state index in [4.69, 9.17) is 4.74 Å². The van der Waals surface area contributed by atoms with Crippen molar-refractivity contribution in [2.75, 3.05) is 30.4 Å². The molecule has 2 fully saturated rings. The second-order valence-corrected chi connectivity index (χ2v) is 7.96. The number of nitrogens with zero attached hydrogens (tertiary/aromatic N) is 2. The number of aromatic carboxylic acids is 1. The molecule has 7 heteroatoms. The summed E-state index contributed by atoms with van der Waals surface area (Å²) in [7, 11) is 1.72. The maximum atomic E-state index is 12.5. The van der Waals surface area contributed by atoms with E-state index in [0.29, 0.717) is 5.69 Å². The molecular weight excluding hydrogens is 334 g/mol. The summed E-state index contributed by atoms with van der Waals surface area (Å²) in [6.07, 6.45) is 1.70. The van der Waals surface area contributed by atoms with Crippen molar-refractivity contribution in [2.24, 2.45) is 0 Å². The molecule has 26 heavy (non-hydrogen) atoms. The summed E-state index contributed by atoms with van der Waals surface area (Å²) in [5.41, 5.74) is 1.32. The fraction of sp³-hybridized carbons (Fsp3) is 0.579. The zero-order valence-electron chi connectivity index (χ0n) is 15.8. The van der Waals surface area contributed by atoms with Crippen LogP contribution in [0.2, 0.25) is 0 Å². The largest absolute Gasteiger partial charge is 0.478 e. The summed E-state index contributed by atoms with van der Waals surface area (Å²) in [5, 5.41) is 12.2. The number of ether oxygens (including phenoxy) is 1. The summed E-state index contributed by atoms with van der Waals surface area (Å²) in [6, 6.07) is 5.59. The molecule has 0 aromatic heterocycles. The highest BCUT2D eigenvalue weighted by molar-refractivity contribution is 5.95. The van der Waals surface area contributed by atoms with Crippen LogP contribution in [0.25, 0.3) is 0 Å². The molecule has 1 aromatic rings. The number of hydrogen-bond acceptors (Lipinski definition) is 5. The van der Waals surface area contributed by atoms with Crippen LogP contribution in [0.5, 0.6) is 0 Å². The van der Waals surface area contributed by atoms with E-state index in [2.05, 4.69) is 10.2 Å². The van der Waals surface area contributed by atoms with Crippen molar-refractivity contribution in [3.63, 3.8) is 0 Å². The van der Waals surface area contributed by atoms with Gasteiger partial charge in [-0.1, -0.05) is 0 Å². The molecule has 0 aliphatic carbocycles. The number of carboxylic acid groups (broad SMARTS) is 1. The minimum absolute atomic E-state index is 0.126. The fourth-order valence-corrected chi connectivity index (χ4v) is 3.85. The third-order valence-corrected chi connectivity index (χ3v) is 4.95. The van der Waals surface area contributed by atoms with Crippen molar-refractivity contribution in [3.8, 4) is 0 Å². The average Bonchev–Trinajstić information content (AvgIpc) is 2.83. The zero-order valence-corrected chi connectivity index (χ0v) is 15.8. The van der Waals surface area contributed by atoms with E-state index in [1.54, 1.807) is 13.1 Å². The van der Waals surface area contributed by atoms with Crippen LogP contribution in [0.1, 0.15) is 44.0 Å². The highest BCUT2D eigenvalue weighted by Gasteiger charge is 2.44. The highest BCUT2D eigenvalue weighted by atomic mass is 16.6. The van der Waals surface area contributed by atoms with Crippen LogP contribution in [-0.2, 0) is 4.74 Å². The van der Waals surface area contributed by atoms with Gasteiger partial charge in [0, 0.05) is 25.8 Å². The molecular formula is C19H27N3O4. The molecule has 2 bridgehead atoms. The first kappa shape index (κ1) is 18.4. The molecule has 3 rings (SSSR count). The van der Waals surface area contributed by atoms with Crippen LogP contribution in [0.15, 0.2) is 18.2 Å². The minimum atomic E-state index is -0.948. The molecule has 2 atom stereocenters.